The summed E-state index contributed by atoms with van der Waals surface area (Å²) in [5, 5.41) is 16.2. The van der Waals surface area contributed by atoms with Crippen molar-refractivity contribution in [1.82, 2.24) is 0 Å². The maximum absolute atomic E-state index is 11.9. The number of rotatable bonds is 26. The quantitative estimate of drug-likeness (QED) is 0.0346. The zero-order valence-corrected chi connectivity index (χ0v) is 50.3. The molecule has 10 unspecified atom stereocenters. The molecular formula is C65H95N3O14. The first kappa shape index (κ1) is 64.2. The van der Waals surface area contributed by atoms with Crippen LogP contribution < -0.4 is 0 Å². The van der Waals surface area contributed by atoms with Crippen LogP contribution in [-0.4, -0.2) is 130 Å². The van der Waals surface area contributed by atoms with Crippen LogP contribution in [0.4, 0.5) is 0 Å². The van der Waals surface area contributed by atoms with Crippen molar-refractivity contribution in [3.05, 3.63) is 131 Å². The number of ether oxygens (including phenoxy) is 13. The zero-order chi connectivity index (χ0) is 58.5. The fourth-order valence-electron chi connectivity index (χ4n) is 12.5. The van der Waals surface area contributed by atoms with E-state index in [1.165, 1.54) is 0 Å². The maximum atomic E-state index is 11.9. The standard InChI is InChI=1S/C65H95N3O14/c1-13-31-72-61-46(12)57(80-64-58(44(10)40(6)51(15-3)76-64)73-34-49-29-23-18-24-30-49)60(54(79-61)37-74-63-56(69)43(9)39(5)52(77-63)35-70-32-47-25-19-16-20-26-47)82-65-59(81-62-55(67-68-66)42(8)38(4)50(14-2)75-62)45(11)41(7)53(78-65)36-71-33-48-27-21-17-22-28-48/h13,16-30,38-46,50-65,69H,1,14-15,31-37H2,2-12H3/t38-,39-,40-,41-,42-,43-,44-,45-,46?,50?,51?,52?,53?,54?,55?,56?,57+,58?,59?,60+,61-,62+,63+,64-,65-/m0/s1. The molecule has 0 saturated carbocycles. The Morgan fingerprint density at radius 2 is 0.915 bits per heavy atom. The van der Waals surface area contributed by atoms with Crippen molar-refractivity contribution in [1.29, 1.82) is 0 Å². The number of azide groups is 1. The summed E-state index contributed by atoms with van der Waals surface area (Å²) in [6.07, 6.45) is -7.66. The molecule has 8 rings (SSSR count). The number of hydrogen-bond donors (Lipinski definition) is 1. The monoisotopic (exact) mass is 1140 g/mol. The summed E-state index contributed by atoms with van der Waals surface area (Å²) in [5.74, 6) is -0.836. The number of aliphatic hydroxyl groups excluding tert-OH is 1. The summed E-state index contributed by atoms with van der Waals surface area (Å²) in [5.41, 5.74) is 13.1. The Morgan fingerprint density at radius 1 is 0.463 bits per heavy atom. The third-order valence-corrected chi connectivity index (χ3v) is 18.8. The summed E-state index contributed by atoms with van der Waals surface area (Å²) < 4.78 is 89.8. The highest BCUT2D eigenvalue weighted by molar-refractivity contribution is 5.15. The van der Waals surface area contributed by atoms with Gasteiger partial charge in [-0.2, -0.15) is 0 Å². The molecule has 3 aromatic carbocycles. The molecule has 5 aliphatic heterocycles. The van der Waals surface area contributed by atoms with E-state index in [9.17, 15) is 10.6 Å². The van der Waals surface area contributed by atoms with Gasteiger partial charge in [-0.1, -0.05) is 178 Å². The Morgan fingerprint density at radius 3 is 1.48 bits per heavy atom. The molecule has 5 fully saturated rings. The number of aliphatic hydroxyl groups is 1. The van der Waals surface area contributed by atoms with Crippen molar-refractivity contribution in [2.75, 3.05) is 26.4 Å². The second-order valence-electron chi connectivity index (χ2n) is 24.0. The average molecular weight is 1140 g/mol. The molecule has 0 amide bonds. The minimum Gasteiger partial charge on any atom is -0.388 e. The van der Waals surface area contributed by atoms with E-state index >= 15 is 0 Å². The summed E-state index contributed by atoms with van der Waals surface area (Å²) in [7, 11) is 0. The second-order valence-corrected chi connectivity index (χ2v) is 24.0. The van der Waals surface area contributed by atoms with Crippen LogP contribution in [-0.2, 0) is 81.4 Å². The predicted octanol–water partition coefficient (Wildman–Crippen LogP) is 11.6. The molecule has 17 heteroatoms. The van der Waals surface area contributed by atoms with Crippen LogP contribution >= 0.6 is 0 Å². The summed E-state index contributed by atoms with van der Waals surface area (Å²) >= 11 is 0. The Balaban J connectivity index is 1.16. The molecule has 0 bridgehead atoms. The molecule has 1 N–H and O–H groups in total. The van der Waals surface area contributed by atoms with Gasteiger partial charge in [-0.3, -0.25) is 0 Å². The number of hydrogen-bond acceptors (Lipinski definition) is 15. The molecule has 82 heavy (non-hydrogen) atoms. The first-order valence-electron chi connectivity index (χ1n) is 30.3. The van der Waals surface area contributed by atoms with Gasteiger partial charge in [0, 0.05) is 10.8 Å². The first-order valence-corrected chi connectivity index (χ1v) is 30.3. The minimum absolute atomic E-state index is 0.0304. The van der Waals surface area contributed by atoms with Crippen LogP contribution in [0.1, 0.15) is 106 Å². The summed E-state index contributed by atoms with van der Waals surface area (Å²) in [4.78, 5) is 3.29. The van der Waals surface area contributed by atoms with Crippen molar-refractivity contribution in [2.24, 2.45) is 58.4 Å². The van der Waals surface area contributed by atoms with Gasteiger partial charge in [0.15, 0.2) is 31.5 Å². The van der Waals surface area contributed by atoms with Crippen LogP contribution in [0.3, 0.4) is 0 Å². The zero-order valence-electron chi connectivity index (χ0n) is 50.3. The molecule has 3 aromatic rings. The van der Waals surface area contributed by atoms with Gasteiger partial charge in [-0.15, -0.1) is 6.58 Å². The van der Waals surface area contributed by atoms with Gasteiger partial charge in [-0.25, -0.2) is 0 Å². The van der Waals surface area contributed by atoms with Crippen LogP contribution in [0.2, 0.25) is 0 Å². The van der Waals surface area contributed by atoms with Crippen LogP contribution in [0.5, 0.6) is 0 Å². The normalized spacial score (nSPS) is 39.7. The average Bonchev–Trinajstić information content (AvgIpc) is 3.19. The Labute approximate surface area is 487 Å². The van der Waals surface area contributed by atoms with Gasteiger partial charge in [-0.05, 0) is 82.4 Å². The Hall–Kier alpha value is -3.85. The first-order chi connectivity index (χ1) is 39.6. The number of benzene rings is 3. The molecule has 25 atom stereocenters. The highest BCUT2D eigenvalue weighted by Gasteiger charge is 2.55. The fraction of sp³-hybridized carbons (Fsp3) is 0.692. The van der Waals surface area contributed by atoms with E-state index in [0.717, 1.165) is 29.5 Å². The van der Waals surface area contributed by atoms with E-state index in [1.54, 1.807) is 6.08 Å². The minimum atomic E-state index is -1.09. The molecular weight excluding hydrogens is 1050 g/mol. The van der Waals surface area contributed by atoms with E-state index in [-0.39, 0.29) is 85.5 Å². The van der Waals surface area contributed by atoms with Gasteiger partial charge in [0.05, 0.1) is 82.8 Å². The topological polar surface area (TPSA) is 189 Å². The van der Waals surface area contributed by atoms with Crippen molar-refractivity contribution in [2.45, 2.75) is 207 Å². The highest BCUT2D eigenvalue weighted by atomic mass is 16.8. The molecule has 5 aliphatic rings. The third-order valence-electron chi connectivity index (χ3n) is 18.8. The largest absolute Gasteiger partial charge is 0.388 e. The van der Waals surface area contributed by atoms with Gasteiger partial charge < -0.3 is 66.7 Å². The molecule has 0 aliphatic carbocycles. The van der Waals surface area contributed by atoms with E-state index in [1.807, 2.05) is 92.7 Å². The Bertz CT molecular complexity index is 2390. The van der Waals surface area contributed by atoms with E-state index in [0.29, 0.717) is 26.4 Å². The van der Waals surface area contributed by atoms with Crippen molar-refractivity contribution < 1.29 is 66.7 Å². The molecule has 0 radical (unpaired) electrons. The van der Waals surface area contributed by atoms with Crippen LogP contribution in [0.25, 0.3) is 10.4 Å². The van der Waals surface area contributed by atoms with Crippen molar-refractivity contribution in [3.8, 4) is 0 Å². The van der Waals surface area contributed by atoms with Gasteiger partial charge in [0.25, 0.3) is 0 Å². The summed E-state index contributed by atoms with van der Waals surface area (Å²) in [6, 6.07) is 29.5. The maximum Gasteiger partial charge on any atom is 0.185 e. The van der Waals surface area contributed by atoms with E-state index < -0.39 is 86.1 Å². The lowest BCUT2D eigenvalue weighted by Crippen LogP contribution is -2.64. The summed E-state index contributed by atoms with van der Waals surface area (Å²) in [6.45, 7) is 28.9. The lowest BCUT2D eigenvalue weighted by molar-refractivity contribution is -0.388. The van der Waals surface area contributed by atoms with Crippen molar-refractivity contribution in [3.63, 3.8) is 0 Å². The molecule has 454 valence electrons. The molecule has 17 nitrogen and oxygen atoms in total. The van der Waals surface area contributed by atoms with Gasteiger partial charge in [0.1, 0.15) is 30.5 Å². The molecule has 5 heterocycles. The van der Waals surface area contributed by atoms with Gasteiger partial charge in [0.2, 0.25) is 0 Å². The van der Waals surface area contributed by atoms with E-state index in [2.05, 4.69) is 91.1 Å². The lowest BCUT2D eigenvalue weighted by Gasteiger charge is -2.52. The highest BCUT2D eigenvalue weighted by Crippen LogP contribution is 2.44. The van der Waals surface area contributed by atoms with Crippen molar-refractivity contribution >= 4 is 0 Å². The SMILES string of the molecule is C=CCO[C@H]1OC(CO[C@@H]2OC(COCc3ccccc3)[C@@H](C)[C@H](C)C2O)[C@@H](O[C@@H]2OC(COCc3ccccc3)[C@@H](C)[C@H](C)C2O[C@H]2OC(CC)[C@@H](C)[C@H](C)C2N=[N+]=[N-])[C@H](O[C@@H]2OC(CC)[C@@H](C)[C@H](C)C2OCc2ccccc2)C1C. The second kappa shape index (κ2) is 31.0. The molecule has 0 spiro atoms. The number of nitrogens with zero attached hydrogens (tertiary/aromatic N) is 3. The fourth-order valence-corrected chi connectivity index (χ4v) is 12.5. The van der Waals surface area contributed by atoms with Gasteiger partial charge >= 0.3 is 0 Å². The van der Waals surface area contributed by atoms with E-state index in [4.69, 9.17) is 61.6 Å². The smallest absolute Gasteiger partial charge is 0.185 e. The third kappa shape index (κ3) is 15.8. The molecule has 5 saturated heterocycles. The van der Waals surface area contributed by atoms with Crippen LogP contribution in [0, 0.1) is 53.3 Å². The Kier molecular flexibility index (Phi) is 24.2. The molecule has 0 aromatic heterocycles. The predicted molar refractivity (Wildman–Crippen MR) is 309 cm³/mol. The lowest BCUT2D eigenvalue weighted by atomic mass is 9.81. The van der Waals surface area contributed by atoms with Crippen LogP contribution in [0.15, 0.2) is 109 Å².